The number of likely N-dealkylation sites (tertiary alicyclic amines) is 1. The average Bonchev–Trinajstić information content (AvgIpc) is 3.42. The summed E-state index contributed by atoms with van der Waals surface area (Å²) in [6, 6.07) is -3.33. The summed E-state index contributed by atoms with van der Waals surface area (Å²) in [6.07, 6.45) is 4.77. The van der Waals surface area contributed by atoms with Gasteiger partial charge in [-0.15, -0.1) is 18.3 Å². The van der Waals surface area contributed by atoms with Gasteiger partial charge in [-0.3, -0.25) is 24.0 Å². The first-order valence-corrected chi connectivity index (χ1v) is 18.0. The van der Waals surface area contributed by atoms with E-state index < -0.39 is 63.9 Å². The number of hydrogen-bond donors (Lipinski definition) is 4. The molecule has 1 heterocycles. The third-order valence-electron chi connectivity index (χ3n) is 8.39. The zero-order valence-electron chi connectivity index (χ0n) is 30.6. The van der Waals surface area contributed by atoms with Crippen LogP contribution >= 0.6 is 11.8 Å². The molecule has 12 heteroatoms. The standard InChI is InChI=1S/C35H61N5O6S/c1-13-15-16-20-47-31(26(41)30(44)36-18-14-2)39-29(43)25-23(21(3)4)17-19-40(25)32(45)27(34(7,8)9)38-33(46)37-24(22(5)6)28(42)35(10,11)12/h14,21-25,27,31H,2,13,15-20H2,1,3-12H3,(H,36,44)(H,39,43)(H2,37,38,46)/t23-,24+,25+,27-,31?/m1/s1. The largest absolute Gasteiger partial charge is 0.346 e. The van der Waals surface area contributed by atoms with Crippen LogP contribution in [-0.4, -0.2) is 82.6 Å². The van der Waals surface area contributed by atoms with E-state index in [1.165, 1.54) is 22.7 Å². The van der Waals surface area contributed by atoms with Crippen molar-refractivity contribution in [1.82, 2.24) is 26.2 Å². The number of carbonyl (C=O) groups excluding carboxylic acids is 6. The summed E-state index contributed by atoms with van der Waals surface area (Å²) in [5.41, 5.74) is -1.42. The van der Waals surface area contributed by atoms with Gasteiger partial charge in [-0.1, -0.05) is 95.1 Å². The molecular formula is C35H61N5O6S. The van der Waals surface area contributed by atoms with Gasteiger partial charge in [-0.2, -0.15) is 0 Å². The molecule has 1 fully saturated rings. The number of hydrogen-bond acceptors (Lipinski definition) is 7. The van der Waals surface area contributed by atoms with Crippen molar-refractivity contribution in [2.24, 2.45) is 28.6 Å². The van der Waals surface area contributed by atoms with Gasteiger partial charge in [-0.25, -0.2) is 4.79 Å². The smallest absolute Gasteiger partial charge is 0.316 e. The Morgan fingerprint density at radius 3 is 2.04 bits per heavy atom. The van der Waals surface area contributed by atoms with E-state index in [-0.39, 0.29) is 36.6 Å². The van der Waals surface area contributed by atoms with Crippen molar-refractivity contribution in [3.63, 3.8) is 0 Å². The Morgan fingerprint density at radius 2 is 1.55 bits per heavy atom. The van der Waals surface area contributed by atoms with Gasteiger partial charge in [0.2, 0.25) is 11.8 Å². The van der Waals surface area contributed by atoms with Crippen molar-refractivity contribution in [2.45, 2.75) is 125 Å². The van der Waals surface area contributed by atoms with Crippen LogP contribution in [-0.2, 0) is 24.0 Å². The summed E-state index contributed by atoms with van der Waals surface area (Å²) in [7, 11) is 0. The molecule has 0 aliphatic carbocycles. The van der Waals surface area contributed by atoms with Crippen LogP contribution in [0.5, 0.6) is 0 Å². The van der Waals surface area contributed by atoms with E-state index in [9.17, 15) is 28.8 Å². The van der Waals surface area contributed by atoms with E-state index in [1.807, 2.05) is 48.5 Å². The number of amides is 5. The molecule has 11 nitrogen and oxygen atoms in total. The molecule has 1 aliphatic heterocycles. The van der Waals surface area contributed by atoms with Crippen LogP contribution in [0.15, 0.2) is 12.7 Å². The number of nitrogens with zero attached hydrogens (tertiary/aromatic N) is 1. The Morgan fingerprint density at radius 1 is 0.936 bits per heavy atom. The Bertz CT molecular complexity index is 1130. The molecule has 0 spiro atoms. The number of rotatable bonds is 17. The SMILES string of the molecule is C=CCNC(=O)C(=O)C(NC(=O)[C@@H]1[C@@H](C(C)C)CCN1C(=O)[C@@H](NC(=O)N[C@H](C(=O)C(C)(C)C)C(C)C)C(C)(C)C)SCCCCC. The molecule has 4 N–H and O–H groups in total. The topological polar surface area (TPSA) is 154 Å². The second-order valence-electron chi connectivity index (χ2n) is 15.3. The van der Waals surface area contributed by atoms with Gasteiger partial charge in [0, 0.05) is 18.5 Å². The van der Waals surface area contributed by atoms with Gasteiger partial charge >= 0.3 is 6.03 Å². The molecule has 0 bridgehead atoms. The normalized spacial score (nSPS) is 18.7. The monoisotopic (exact) mass is 679 g/mol. The number of Topliss-reactive ketones (excluding diaryl/α,β-unsaturated/α-hetero) is 2. The number of carbonyl (C=O) groups is 6. The van der Waals surface area contributed by atoms with E-state index in [0.717, 1.165) is 19.3 Å². The van der Waals surface area contributed by atoms with Gasteiger partial charge in [0.05, 0.1) is 6.04 Å². The third kappa shape index (κ3) is 12.6. The number of thioether (sulfide) groups is 1. The minimum Gasteiger partial charge on any atom is -0.346 e. The van der Waals surface area contributed by atoms with Gasteiger partial charge in [0.1, 0.15) is 17.5 Å². The Kier molecular flexibility index (Phi) is 16.7. The van der Waals surface area contributed by atoms with Gasteiger partial charge in [0.15, 0.2) is 5.78 Å². The lowest BCUT2D eigenvalue weighted by molar-refractivity contribution is -0.144. The predicted molar refractivity (Wildman–Crippen MR) is 189 cm³/mol. The van der Waals surface area contributed by atoms with E-state index in [4.69, 9.17) is 0 Å². The van der Waals surface area contributed by atoms with Crippen LogP contribution in [0.4, 0.5) is 4.79 Å². The quantitative estimate of drug-likeness (QED) is 0.0767. The molecule has 1 unspecified atom stereocenters. The van der Waals surface area contributed by atoms with Crippen LogP contribution in [0.3, 0.4) is 0 Å². The molecule has 1 rings (SSSR count). The maximum absolute atomic E-state index is 14.3. The second-order valence-corrected chi connectivity index (χ2v) is 16.5. The summed E-state index contributed by atoms with van der Waals surface area (Å²) in [5.74, 6) is -2.43. The van der Waals surface area contributed by atoms with Crippen LogP contribution < -0.4 is 21.3 Å². The number of urea groups is 1. The maximum Gasteiger partial charge on any atom is 0.316 e. The van der Waals surface area contributed by atoms with Crippen LogP contribution in [0.25, 0.3) is 0 Å². The molecular weight excluding hydrogens is 618 g/mol. The van der Waals surface area contributed by atoms with Crippen LogP contribution in [0.1, 0.15) is 102 Å². The van der Waals surface area contributed by atoms with Crippen molar-refractivity contribution >= 4 is 47.1 Å². The lowest BCUT2D eigenvalue weighted by Gasteiger charge is -2.37. The summed E-state index contributed by atoms with van der Waals surface area (Å²) in [6.45, 7) is 24.6. The summed E-state index contributed by atoms with van der Waals surface area (Å²) < 4.78 is 0. The lowest BCUT2D eigenvalue weighted by atomic mass is 9.82. The zero-order chi connectivity index (χ0) is 36.3. The molecule has 268 valence electrons. The highest BCUT2D eigenvalue weighted by Crippen LogP contribution is 2.34. The van der Waals surface area contributed by atoms with Crippen molar-refractivity contribution < 1.29 is 28.8 Å². The van der Waals surface area contributed by atoms with E-state index >= 15 is 0 Å². The first-order valence-electron chi connectivity index (χ1n) is 17.0. The zero-order valence-corrected chi connectivity index (χ0v) is 31.4. The van der Waals surface area contributed by atoms with Gasteiger partial charge in [-0.05, 0) is 41.8 Å². The minimum atomic E-state index is -1.12. The maximum atomic E-state index is 14.3. The fourth-order valence-electron chi connectivity index (χ4n) is 5.55. The molecule has 0 aromatic carbocycles. The molecule has 5 atom stereocenters. The first-order chi connectivity index (χ1) is 21.7. The second kappa shape index (κ2) is 18.6. The van der Waals surface area contributed by atoms with Gasteiger partial charge in [0.25, 0.3) is 11.7 Å². The molecule has 0 aromatic heterocycles. The van der Waals surface area contributed by atoms with Crippen molar-refractivity contribution in [3.05, 3.63) is 12.7 Å². The van der Waals surface area contributed by atoms with E-state index in [0.29, 0.717) is 12.2 Å². The molecule has 0 aromatic rings. The fourth-order valence-corrected chi connectivity index (χ4v) is 6.61. The number of ketones is 2. The predicted octanol–water partition coefficient (Wildman–Crippen LogP) is 4.45. The summed E-state index contributed by atoms with van der Waals surface area (Å²) in [4.78, 5) is 82.0. The average molecular weight is 680 g/mol. The van der Waals surface area contributed by atoms with Crippen molar-refractivity contribution in [2.75, 3.05) is 18.8 Å². The Hall–Kier alpha value is -2.89. The van der Waals surface area contributed by atoms with Crippen molar-refractivity contribution in [3.8, 4) is 0 Å². The summed E-state index contributed by atoms with van der Waals surface area (Å²) in [5, 5.41) is 9.78. The van der Waals surface area contributed by atoms with E-state index in [1.54, 1.807) is 20.8 Å². The molecule has 1 saturated heterocycles. The van der Waals surface area contributed by atoms with Gasteiger partial charge < -0.3 is 26.2 Å². The highest BCUT2D eigenvalue weighted by molar-refractivity contribution is 8.00. The molecule has 5 amide bonds. The van der Waals surface area contributed by atoms with E-state index in [2.05, 4.69) is 34.8 Å². The number of nitrogens with one attached hydrogen (secondary N) is 4. The minimum absolute atomic E-state index is 0.0327. The van der Waals surface area contributed by atoms with Crippen molar-refractivity contribution in [1.29, 1.82) is 0 Å². The molecule has 0 saturated carbocycles. The highest BCUT2D eigenvalue weighted by atomic mass is 32.2. The lowest BCUT2D eigenvalue weighted by Crippen LogP contribution is -2.62. The third-order valence-corrected chi connectivity index (χ3v) is 9.58. The first kappa shape index (κ1) is 42.1. The fraction of sp³-hybridized carbons (Fsp3) is 0.771. The molecule has 1 aliphatic rings. The van der Waals surface area contributed by atoms with Crippen LogP contribution in [0, 0.1) is 28.6 Å². The molecule has 47 heavy (non-hydrogen) atoms. The summed E-state index contributed by atoms with van der Waals surface area (Å²) >= 11 is 1.20. The highest BCUT2D eigenvalue weighted by Gasteiger charge is 2.48. The number of unbranched alkanes of at least 4 members (excludes halogenated alkanes) is 2. The van der Waals surface area contributed by atoms with Crippen LogP contribution in [0.2, 0.25) is 0 Å². The Labute approximate surface area is 287 Å². The molecule has 0 radical (unpaired) electrons. The Balaban J connectivity index is 3.36.